The van der Waals surface area contributed by atoms with E-state index in [4.69, 9.17) is 0 Å². The van der Waals surface area contributed by atoms with Crippen LogP contribution in [0.25, 0.3) is 0 Å². The molecule has 3 aromatic carbocycles. The molecule has 3 N–H and O–H groups in total. The fourth-order valence-electron chi connectivity index (χ4n) is 2.49. The Hall–Kier alpha value is -3.32. The Bertz CT molecular complexity index is 981. The van der Waals surface area contributed by atoms with Crippen molar-refractivity contribution in [3.8, 4) is 0 Å². The van der Waals surface area contributed by atoms with Gasteiger partial charge in [0.1, 0.15) is 5.82 Å². The third-order valence-corrected chi connectivity index (χ3v) is 5.07. The zero-order chi connectivity index (χ0) is 20.6. The number of carbonyl (C=O) groups is 2. The molecule has 0 spiro atoms. The Morgan fingerprint density at radius 3 is 2.03 bits per heavy atom. The summed E-state index contributed by atoms with van der Waals surface area (Å²) in [6, 6.07) is 22.0. The number of hydrogen-bond acceptors (Lipinski definition) is 3. The average Bonchev–Trinajstić information content (AvgIpc) is 2.72. The van der Waals surface area contributed by atoms with Gasteiger partial charge in [0.05, 0.1) is 10.9 Å². The molecule has 0 saturated carbocycles. The van der Waals surface area contributed by atoms with Gasteiger partial charge in [-0.2, -0.15) is 0 Å². The van der Waals surface area contributed by atoms with Gasteiger partial charge in [-0.25, -0.2) is 9.18 Å². The standard InChI is InChI=1S/C22H20FN3O2S/c1-15(21(27)26-20-10-6-5-9-19(20)23)29-18-13-11-17(12-14-18)25-22(28)24-16-7-3-2-4-8-16/h2-15H,1H3,(H,26,27)(H2,24,25,28). The monoisotopic (exact) mass is 409 g/mol. The van der Waals surface area contributed by atoms with Gasteiger partial charge < -0.3 is 16.0 Å². The number of thioether (sulfide) groups is 1. The van der Waals surface area contributed by atoms with E-state index in [-0.39, 0.29) is 17.6 Å². The summed E-state index contributed by atoms with van der Waals surface area (Å²) < 4.78 is 13.7. The molecule has 7 heteroatoms. The molecule has 0 saturated heterocycles. The highest BCUT2D eigenvalue weighted by Crippen LogP contribution is 2.26. The quantitative estimate of drug-likeness (QED) is 0.465. The van der Waals surface area contributed by atoms with E-state index < -0.39 is 11.1 Å². The van der Waals surface area contributed by atoms with Crippen LogP contribution in [0.4, 0.5) is 26.2 Å². The highest BCUT2D eigenvalue weighted by atomic mass is 32.2. The average molecular weight is 409 g/mol. The summed E-state index contributed by atoms with van der Waals surface area (Å²) in [6.45, 7) is 1.75. The van der Waals surface area contributed by atoms with Crippen molar-refractivity contribution >= 4 is 40.8 Å². The summed E-state index contributed by atoms with van der Waals surface area (Å²) in [5.74, 6) is -0.758. The molecule has 0 bridgehead atoms. The van der Waals surface area contributed by atoms with Gasteiger partial charge in [0, 0.05) is 16.3 Å². The predicted octanol–water partition coefficient (Wildman–Crippen LogP) is 5.59. The molecule has 0 radical (unpaired) electrons. The van der Waals surface area contributed by atoms with Crippen molar-refractivity contribution in [2.45, 2.75) is 17.1 Å². The molecular weight excluding hydrogens is 389 g/mol. The SMILES string of the molecule is CC(Sc1ccc(NC(=O)Nc2ccccc2)cc1)C(=O)Nc1ccccc1F. The number of halogens is 1. The predicted molar refractivity (Wildman–Crippen MR) is 116 cm³/mol. The zero-order valence-electron chi connectivity index (χ0n) is 15.7. The topological polar surface area (TPSA) is 70.2 Å². The molecule has 1 unspecified atom stereocenters. The first-order valence-corrected chi connectivity index (χ1v) is 9.84. The Morgan fingerprint density at radius 2 is 1.38 bits per heavy atom. The van der Waals surface area contributed by atoms with E-state index in [9.17, 15) is 14.0 Å². The minimum atomic E-state index is -0.470. The lowest BCUT2D eigenvalue weighted by molar-refractivity contribution is -0.115. The maximum Gasteiger partial charge on any atom is 0.323 e. The molecule has 29 heavy (non-hydrogen) atoms. The minimum Gasteiger partial charge on any atom is -0.323 e. The first-order chi connectivity index (χ1) is 14.0. The van der Waals surface area contributed by atoms with Gasteiger partial charge in [-0.15, -0.1) is 11.8 Å². The molecule has 3 amide bonds. The van der Waals surface area contributed by atoms with Crippen LogP contribution in [-0.4, -0.2) is 17.2 Å². The van der Waals surface area contributed by atoms with Crippen LogP contribution in [-0.2, 0) is 4.79 Å². The number of amides is 3. The molecule has 0 aliphatic rings. The van der Waals surface area contributed by atoms with Crippen molar-refractivity contribution in [1.29, 1.82) is 0 Å². The Morgan fingerprint density at radius 1 is 0.793 bits per heavy atom. The van der Waals surface area contributed by atoms with E-state index in [1.165, 1.54) is 23.9 Å². The second kappa shape index (κ2) is 9.75. The third-order valence-electron chi connectivity index (χ3n) is 3.96. The van der Waals surface area contributed by atoms with Gasteiger partial charge in [-0.05, 0) is 55.5 Å². The van der Waals surface area contributed by atoms with Gasteiger partial charge in [-0.3, -0.25) is 4.79 Å². The number of rotatable bonds is 6. The lowest BCUT2D eigenvalue weighted by atomic mass is 10.3. The number of benzene rings is 3. The molecule has 5 nitrogen and oxygen atoms in total. The zero-order valence-corrected chi connectivity index (χ0v) is 16.5. The van der Waals surface area contributed by atoms with Crippen molar-refractivity contribution in [2.75, 3.05) is 16.0 Å². The number of nitrogens with one attached hydrogen (secondary N) is 3. The van der Waals surface area contributed by atoms with Gasteiger partial charge in [0.15, 0.2) is 0 Å². The molecular formula is C22H20FN3O2S. The van der Waals surface area contributed by atoms with Gasteiger partial charge in [0.25, 0.3) is 0 Å². The second-order valence-corrected chi connectivity index (χ2v) is 7.61. The minimum absolute atomic E-state index is 0.161. The summed E-state index contributed by atoms with van der Waals surface area (Å²) in [7, 11) is 0. The number of anilines is 3. The number of para-hydroxylation sites is 2. The van der Waals surface area contributed by atoms with E-state index in [2.05, 4.69) is 16.0 Å². The van der Waals surface area contributed by atoms with Crippen LogP contribution in [0.3, 0.4) is 0 Å². The normalized spacial score (nSPS) is 11.4. The molecule has 0 heterocycles. The Labute approximate surface area is 172 Å². The van der Waals surface area contributed by atoms with Gasteiger partial charge >= 0.3 is 6.03 Å². The first-order valence-electron chi connectivity index (χ1n) is 8.96. The Balaban J connectivity index is 1.52. The van der Waals surface area contributed by atoms with Crippen LogP contribution < -0.4 is 16.0 Å². The molecule has 3 aromatic rings. The summed E-state index contributed by atoms with van der Waals surface area (Å²) in [5.41, 5.74) is 1.49. The molecule has 0 fully saturated rings. The molecule has 148 valence electrons. The van der Waals surface area contributed by atoms with E-state index in [0.29, 0.717) is 11.4 Å². The van der Waals surface area contributed by atoms with Crippen LogP contribution >= 0.6 is 11.8 Å². The molecule has 0 aromatic heterocycles. The summed E-state index contributed by atoms with van der Waals surface area (Å²) in [6.07, 6.45) is 0. The molecule has 0 aliphatic heterocycles. The van der Waals surface area contributed by atoms with E-state index in [0.717, 1.165) is 4.90 Å². The van der Waals surface area contributed by atoms with E-state index >= 15 is 0 Å². The van der Waals surface area contributed by atoms with Crippen LogP contribution in [0.2, 0.25) is 0 Å². The fraction of sp³-hybridized carbons (Fsp3) is 0.0909. The Kier molecular flexibility index (Phi) is 6.86. The van der Waals surface area contributed by atoms with Crippen molar-refractivity contribution in [3.63, 3.8) is 0 Å². The van der Waals surface area contributed by atoms with Crippen LogP contribution in [0, 0.1) is 5.82 Å². The summed E-state index contributed by atoms with van der Waals surface area (Å²) in [5, 5.41) is 7.66. The maximum absolute atomic E-state index is 13.7. The van der Waals surface area contributed by atoms with Crippen molar-refractivity contribution in [1.82, 2.24) is 0 Å². The lowest BCUT2D eigenvalue weighted by Crippen LogP contribution is -2.22. The largest absolute Gasteiger partial charge is 0.323 e. The molecule has 0 aliphatic carbocycles. The van der Waals surface area contributed by atoms with Gasteiger partial charge in [-0.1, -0.05) is 30.3 Å². The van der Waals surface area contributed by atoms with Crippen LogP contribution in [0.15, 0.2) is 83.8 Å². The smallest absolute Gasteiger partial charge is 0.323 e. The number of carbonyl (C=O) groups excluding carboxylic acids is 2. The number of urea groups is 1. The van der Waals surface area contributed by atoms with Crippen molar-refractivity contribution < 1.29 is 14.0 Å². The van der Waals surface area contributed by atoms with Crippen molar-refractivity contribution in [2.24, 2.45) is 0 Å². The molecule has 1 atom stereocenters. The van der Waals surface area contributed by atoms with Crippen molar-refractivity contribution in [3.05, 3.63) is 84.7 Å². The fourth-order valence-corrected chi connectivity index (χ4v) is 3.35. The summed E-state index contributed by atoms with van der Waals surface area (Å²) >= 11 is 1.34. The maximum atomic E-state index is 13.7. The van der Waals surface area contributed by atoms with E-state index in [1.54, 1.807) is 43.3 Å². The molecule has 3 rings (SSSR count). The summed E-state index contributed by atoms with van der Waals surface area (Å²) in [4.78, 5) is 25.2. The van der Waals surface area contributed by atoms with Gasteiger partial charge in [0.2, 0.25) is 5.91 Å². The van der Waals surface area contributed by atoms with E-state index in [1.807, 2.05) is 30.3 Å². The second-order valence-electron chi connectivity index (χ2n) is 6.20. The highest BCUT2D eigenvalue weighted by Gasteiger charge is 2.16. The lowest BCUT2D eigenvalue weighted by Gasteiger charge is -2.13. The highest BCUT2D eigenvalue weighted by molar-refractivity contribution is 8.00. The number of hydrogen-bond donors (Lipinski definition) is 3. The van der Waals surface area contributed by atoms with Crippen LogP contribution in [0.5, 0.6) is 0 Å². The third kappa shape index (κ3) is 6.08. The van der Waals surface area contributed by atoms with Crippen LogP contribution in [0.1, 0.15) is 6.92 Å². The first kappa shape index (κ1) is 20.4.